The number of furan rings is 1. The second-order valence-electron chi connectivity index (χ2n) is 3.71. The molecule has 0 unspecified atom stereocenters. The van der Waals surface area contributed by atoms with Crippen LogP contribution in [-0.2, 0) is 0 Å². The third kappa shape index (κ3) is 1.71. The van der Waals surface area contributed by atoms with Crippen LogP contribution in [0.5, 0.6) is 0 Å². The summed E-state index contributed by atoms with van der Waals surface area (Å²) in [6.45, 7) is 1.91. The maximum absolute atomic E-state index is 8.91. The van der Waals surface area contributed by atoms with Crippen molar-refractivity contribution >= 4 is 11.3 Å². The van der Waals surface area contributed by atoms with Crippen molar-refractivity contribution in [1.29, 1.82) is 5.26 Å². The fraction of sp³-hybridized carbons (Fsp3) is 0.0833. The Balaban J connectivity index is 2.02. The lowest BCUT2D eigenvalue weighted by atomic mass is 10.3. The van der Waals surface area contributed by atoms with Gasteiger partial charge in [-0.1, -0.05) is 0 Å². The summed E-state index contributed by atoms with van der Waals surface area (Å²) in [6, 6.07) is 9.72. The molecule has 0 bridgehead atoms. The zero-order valence-corrected chi connectivity index (χ0v) is 10.3. The quantitative estimate of drug-likeness (QED) is 0.764. The van der Waals surface area contributed by atoms with Crippen molar-refractivity contribution in [3.63, 3.8) is 0 Å². The van der Waals surface area contributed by atoms with Crippen molar-refractivity contribution in [3.8, 4) is 27.3 Å². The number of H-pyrrole nitrogens is 1. The maximum atomic E-state index is 8.91. The van der Waals surface area contributed by atoms with Crippen LogP contribution < -0.4 is 0 Å². The van der Waals surface area contributed by atoms with Crippen LogP contribution in [0.25, 0.3) is 21.2 Å². The normalized spacial score (nSPS) is 10.4. The van der Waals surface area contributed by atoms with Crippen LogP contribution in [0.15, 0.2) is 28.7 Å². The number of hydrogen-bond donors (Lipinski definition) is 1. The number of nitriles is 1. The lowest BCUT2D eigenvalue weighted by molar-refractivity contribution is 0.549. The predicted molar refractivity (Wildman–Crippen MR) is 66.8 cm³/mol. The van der Waals surface area contributed by atoms with E-state index in [4.69, 9.17) is 9.68 Å². The van der Waals surface area contributed by atoms with Crippen LogP contribution >= 0.6 is 11.3 Å². The lowest BCUT2D eigenvalue weighted by Gasteiger charge is -1.90. The van der Waals surface area contributed by atoms with Crippen molar-refractivity contribution in [2.24, 2.45) is 0 Å². The van der Waals surface area contributed by atoms with Gasteiger partial charge in [-0.3, -0.25) is 0 Å². The van der Waals surface area contributed by atoms with E-state index in [1.165, 1.54) is 11.3 Å². The molecule has 0 amide bonds. The minimum Gasteiger partial charge on any atom is -0.461 e. The van der Waals surface area contributed by atoms with Gasteiger partial charge in [-0.05, 0) is 31.2 Å². The first kappa shape index (κ1) is 10.7. The Morgan fingerprint density at radius 2 is 2.06 bits per heavy atom. The molecule has 3 aromatic heterocycles. The van der Waals surface area contributed by atoms with E-state index in [1.807, 2.05) is 37.3 Å². The minimum absolute atomic E-state index is 0.305. The summed E-state index contributed by atoms with van der Waals surface area (Å²) in [6.07, 6.45) is 0. The molecule has 3 heterocycles. The Hall–Kier alpha value is -2.39. The van der Waals surface area contributed by atoms with E-state index in [1.54, 1.807) is 0 Å². The van der Waals surface area contributed by atoms with E-state index in [2.05, 4.69) is 15.4 Å². The second-order valence-corrected chi connectivity index (χ2v) is 4.79. The highest BCUT2D eigenvalue weighted by molar-refractivity contribution is 7.18. The molecule has 0 aliphatic rings. The summed E-state index contributed by atoms with van der Waals surface area (Å²) in [5.74, 6) is 1.70. The smallest absolute Gasteiger partial charge is 0.191 e. The Morgan fingerprint density at radius 1 is 1.22 bits per heavy atom. The zero-order valence-electron chi connectivity index (χ0n) is 9.47. The summed E-state index contributed by atoms with van der Waals surface area (Å²) in [7, 11) is 0. The molecule has 88 valence electrons. The molecule has 5 nitrogen and oxygen atoms in total. The van der Waals surface area contributed by atoms with E-state index in [0.29, 0.717) is 11.4 Å². The predicted octanol–water partition coefficient (Wildman–Crippen LogP) is 2.97. The summed E-state index contributed by atoms with van der Waals surface area (Å²) in [5, 5.41) is 19.1. The summed E-state index contributed by atoms with van der Waals surface area (Å²) in [4.78, 5) is 1.90. The van der Waals surface area contributed by atoms with Gasteiger partial charge in [0.15, 0.2) is 5.69 Å². The monoisotopic (exact) mass is 256 g/mol. The summed E-state index contributed by atoms with van der Waals surface area (Å²) in [5.41, 5.74) is 0.885. The van der Waals surface area contributed by atoms with Crippen molar-refractivity contribution < 1.29 is 4.42 Å². The van der Waals surface area contributed by atoms with E-state index in [9.17, 15) is 0 Å². The van der Waals surface area contributed by atoms with Crippen LogP contribution in [0.1, 0.15) is 11.5 Å². The third-order valence-electron chi connectivity index (χ3n) is 2.48. The molecule has 0 spiro atoms. The summed E-state index contributed by atoms with van der Waals surface area (Å²) < 4.78 is 5.56. The molecule has 3 aromatic rings. The number of aromatic nitrogens is 3. The van der Waals surface area contributed by atoms with Crippen LogP contribution in [0, 0.1) is 18.3 Å². The first-order valence-electron chi connectivity index (χ1n) is 5.26. The van der Waals surface area contributed by atoms with Crippen molar-refractivity contribution in [2.45, 2.75) is 6.92 Å². The maximum Gasteiger partial charge on any atom is 0.191 e. The molecule has 0 atom stereocenters. The highest BCUT2D eigenvalue weighted by Gasteiger charge is 2.13. The van der Waals surface area contributed by atoms with Gasteiger partial charge >= 0.3 is 0 Å². The molecular formula is C12H8N4OS. The molecule has 0 aliphatic heterocycles. The Kier molecular flexibility index (Phi) is 2.46. The van der Waals surface area contributed by atoms with Gasteiger partial charge in [-0.25, -0.2) is 0 Å². The second kappa shape index (κ2) is 4.13. The number of aromatic amines is 1. The topological polar surface area (TPSA) is 78.5 Å². The number of nitrogens with one attached hydrogen (secondary N) is 1. The Bertz CT molecular complexity index is 731. The molecule has 0 aliphatic carbocycles. The summed E-state index contributed by atoms with van der Waals surface area (Å²) >= 11 is 1.52. The van der Waals surface area contributed by atoms with Crippen molar-refractivity contribution in [2.75, 3.05) is 0 Å². The van der Waals surface area contributed by atoms with Gasteiger partial charge in [-0.15, -0.1) is 16.4 Å². The van der Waals surface area contributed by atoms with E-state index in [-0.39, 0.29) is 0 Å². The minimum atomic E-state index is 0.305. The molecule has 1 N–H and O–H groups in total. The average Bonchev–Trinajstić information content (AvgIpc) is 3.07. The van der Waals surface area contributed by atoms with Crippen LogP contribution in [0.4, 0.5) is 0 Å². The van der Waals surface area contributed by atoms with Gasteiger partial charge in [0.2, 0.25) is 0 Å². The highest BCUT2D eigenvalue weighted by atomic mass is 32.1. The first-order valence-corrected chi connectivity index (χ1v) is 6.07. The van der Waals surface area contributed by atoms with E-state index in [0.717, 1.165) is 21.3 Å². The van der Waals surface area contributed by atoms with Gasteiger partial charge < -0.3 is 4.42 Å². The number of hydrogen-bond acceptors (Lipinski definition) is 5. The number of nitrogens with zero attached hydrogens (tertiary/aromatic N) is 3. The van der Waals surface area contributed by atoms with Gasteiger partial charge in [0.25, 0.3) is 0 Å². The third-order valence-corrected chi connectivity index (χ3v) is 3.58. The molecule has 0 fully saturated rings. The van der Waals surface area contributed by atoms with E-state index >= 15 is 0 Å². The highest BCUT2D eigenvalue weighted by Crippen LogP contribution is 2.34. The number of rotatable bonds is 2. The fourth-order valence-corrected chi connectivity index (χ4v) is 2.60. The van der Waals surface area contributed by atoms with Crippen molar-refractivity contribution in [3.05, 3.63) is 35.7 Å². The van der Waals surface area contributed by atoms with Crippen LogP contribution in [0.2, 0.25) is 0 Å². The fourth-order valence-electron chi connectivity index (χ4n) is 1.65. The number of thiophene rings is 1. The first-order chi connectivity index (χ1) is 8.78. The standard InChI is InChI=1S/C12H8N4OS/c1-7-2-3-9(17-7)10-4-5-11(18-10)12-8(6-13)14-16-15-12/h2-5H,1H3,(H,14,15,16). The largest absolute Gasteiger partial charge is 0.461 e. The Labute approximate surface area is 107 Å². The lowest BCUT2D eigenvalue weighted by Crippen LogP contribution is -1.77. The SMILES string of the molecule is Cc1ccc(-c2ccc(-c3n[nH]nc3C#N)s2)o1. The van der Waals surface area contributed by atoms with Gasteiger partial charge in [0.1, 0.15) is 23.3 Å². The molecule has 0 radical (unpaired) electrons. The van der Waals surface area contributed by atoms with Gasteiger partial charge in [0.05, 0.1) is 9.75 Å². The number of aryl methyl sites for hydroxylation is 1. The van der Waals surface area contributed by atoms with Gasteiger partial charge in [0, 0.05) is 0 Å². The zero-order chi connectivity index (χ0) is 12.5. The molecule has 0 aromatic carbocycles. The Morgan fingerprint density at radius 3 is 2.78 bits per heavy atom. The van der Waals surface area contributed by atoms with Crippen LogP contribution in [-0.4, -0.2) is 15.4 Å². The molecule has 3 rings (SSSR count). The molecule has 18 heavy (non-hydrogen) atoms. The molecule has 0 saturated heterocycles. The van der Waals surface area contributed by atoms with Gasteiger partial charge in [-0.2, -0.15) is 15.6 Å². The molecule has 0 saturated carbocycles. The molecule has 6 heteroatoms. The van der Waals surface area contributed by atoms with Crippen molar-refractivity contribution in [1.82, 2.24) is 15.4 Å². The van der Waals surface area contributed by atoms with Crippen LogP contribution in [0.3, 0.4) is 0 Å². The molecular weight excluding hydrogens is 248 g/mol. The van der Waals surface area contributed by atoms with E-state index < -0.39 is 0 Å². The average molecular weight is 256 g/mol.